The van der Waals surface area contributed by atoms with Gasteiger partial charge in [-0.1, -0.05) is 237 Å². The summed E-state index contributed by atoms with van der Waals surface area (Å²) in [5.74, 6) is 1.32. The van der Waals surface area contributed by atoms with Crippen molar-refractivity contribution in [1.29, 1.82) is 0 Å². The molecular formula is C84H70N4OPt-2. The number of pyridine rings is 1. The summed E-state index contributed by atoms with van der Waals surface area (Å²) in [5, 5.41) is 1.91. The van der Waals surface area contributed by atoms with Crippen molar-refractivity contribution < 1.29 is 55.0 Å². The quantitative estimate of drug-likeness (QED) is 0.0956. The van der Waals surface area contributed by atoms with E-state index in [1.165, 1.54) is 6.07 Å². The molecule has 6 heteroatoms. The molecule has 0 atom stereocenters. The molecule has 0 saturated heterocycles. The van der Waals surface area contributed by atoms with Crippen molar-refractivity contribution in [1.82, 2.24) is 14.1 Å². The van der Waals surface area contributed by atoms with Gasteiger partial charge >= 0.3 is 0 Å². The first-order chi connectivity index (χ1) is 50.5. The fraction of sp³-hybridized carbons (Fsp3) is 0.143. The van der Waals surface area contributed by atoms with Gasteiger partial charge in [-0.15, -0.1) is 29.7 Å². The molecule has 90 heavy (non-hydrogen) atoms. The Morgan fingerprint density at radius 1 is 0.433 bits per heavy atom. The van der Waals surface area contributed by atoms with Crippen molar-refractivity contribution in [2.45, 2.75) is 78.6 Å². The maximum absolute atomic E-state index is 10.7. The number of aromatic nitrogens is 4. The Bertz CT molecular complexity index is 5920. The molecule has 0 aliphatic carbocycles. The number of benzene rings is 11. The van der Waals surface area contributed by atoms with Crippen molar-refractivity contribution in [3.8, 4) is 95.5 Å². The number of nitrogens with zero attached hydrogens (tertiary/aromatic N) is 4. The first-order valence-corrected chi connectivity index (χ1v) is 29.4. The van der Waals surface area contributed by atoms with E-state index >= 15 is 0 Å². The van der Waals surface area contributed by atoms with Crippen LogP contribution < -0.4 is 9.30 Å². The van der Waals surface area contributed by atoms with Gasteiger partial charge in [0.2, 0.25) is 0 Å². The zero-order valence-corrected chi connectivity index (χ0v) is 53.2. The van der Waals surface area contributed by atoms with Crippen LogP contribution in [0.1, 0.15) is 104 Å². The van der Waals surface area contributed by atoms with Gasteiger partial charge in [0.25, 0.3) is 6.33 Å². The summed E-state index contributed by atoms with van der Waals surface area (Å²) < 4.78 is 180. The van der Waals surface area contributed by atoms with Gasteiger partial charge in [-0.25, -0.2) is 4.98 Å². The summed E-state index contributed by atoms with van der Waals surface area (Å²) in [5.41, 5.74) is 3.70. The van der Waals surface area contributed by atoms with E-state index in [1.54, 1.807) is 33.4 Å². The average Bonchev–Trinajstić information content (AvgIpc) is 1.02. The van der Waals surface area contributed by atoms with Crippen molar-refractivity contribution in [2.24, 2.45) is 0 Å². The van der Waals surface area contributed by atoms with Crippen LogP contribution in [0, 0.1) is 18.5 Å². The van der Waals surface area contributed by atoms with Gasteiger partial charge in [-0.05, 0) is 165 Å². The summed E-state index contributed by atoms with van der Waals surface area (Å²) in [6.07, 6.45) is 5.45. The number of fused-ring (bicyclic) bond motifs is 4. The molecule has 0 bridgehead atoms. The molecule has 0 aliphatic rings. The van der Waals surface area contributed by atoms with Crippen LogP contribution in [0.15, 0.2) is 261 Å². The third-order valence-electron chi connectivity index (χ3n) is 16.0. The van der Waals surface area contributed by atoms with Gasteiger partial charge in [0.1, 0.15) is 5.82 Å². The van der Waals surface area contributed by atoms with Crippen molar-refractivity contribution in [2.75, 3.05) is 0 Å². The number of hydrogen-bond acceptors (Lipinski definition) is 2. The molecule has 14 aromatic rings. The minimum atomic E-state index is -0.887. The van der Waals surface area contributed by atoms with Gasteiger partial charge in [0.15, 0.2) is 0 Å². The molecule has 3 aromatic heterocycles. The number of hydrogen-bond donors (Lipinski definition) is 0. The van der Waals surface area contributed by atoms with E-state index in [2.05, 4.69) is 88.8 Å². The maximum atomic E-state index is 10.7. The second-order valence-electron chi connectivity index (χ2n) is 25.1. The molecular weight excluding hydrogens is 1280 g/mol. The normalized spacial score (nSPS) is 14.8. The summed E-state index contributed by atoms with van der Waals surface area (Å²) in [6, 6.07) is 38.7. The SMILES string of the molecule is [2H]c1c([2H])c([2H])c(-c2cc(-c3cccc(C(C)(C)C)c3)c(-[n+]3[c-]n(-c4[c-]c(Oc5[c-]c6c(cc5)c5ccccc5n6-c5cc(C(C)(C)C)ccn5)ccc4)c4cc(-c5ccc(C(C)(C)C)cc5)ccc43)c(-c3c([2H])c(-c4c([2H])c([2H])c([2H])c([2H])c4[2H])c([2H])c(-c4c([2H])c([2H])c([2H])c([2H])c4[2H])c3[2H])c2)c([2H])c1[2H].[Pt]. The fourth-order valence-electron chi connectivity index (χ4n) is 11.3. The predicted octanol–water partition coefficient (Wildman–Crippen LogP) is 21.5. The monoisotopic (exact) mass is 1360 g/mol. The molecule has 11 aromatic carbocycles. The molecule has 0 amide bonds. The largest absolute Gasteiger partial charge is 0.510 e. The van der Waals surface area contributed by atoms with E-state index in [4.69, 9.17) is 22.1 Å². The first kappa shape index (κ1) is 41.5. The number of ether oxygens (including phenoxy) is 1. The zero-order chi connectivity index (χ0) is 76.8. The summed E-state index contributed by atoms with van der Waals surface area (Å²) in [4.78, 5) is 4.87. The number of imidazole rings is 1. The van der Waals surface area contributed by atoms with Crippen molar-refractivity contribution in [3.05, 3.63) is 296 Å². The molecule has 5 nitrogen and oxygen atoms in total. The zero-order valence-electron chi connectivity index (χ0n) is 68.9. The standard InChI is InChI=1S/C84H70N4O.Pt/c1-82(2,3)66-38-35-59(36-39-66)60-37-42-77-79(51-60)86(69-31-22-32-70(53-69)89-71-40-41-73-72-33-19-20-34-76(72)88(78(73)54-71)80-52-68(43-44-85-80)84(7,8)9)55-87(77)81-74(61-29-21-30-67(48-61)83(4,5)6)49-64(58-27-17-12-18-28-58)50-75(81)65-46-62(56-23-13-10-14-24-56)45-63(47-65)57-25-15-11-16-26-57;/h10-52H,1-9H3;/q-2;/i10D,11D,12D,13D,14D,15D,16D,17D,18D,23D,24D,25D,26D,27D,28D,45D,46D,47D;. The van der Waals surface area contributed by atoms with Crippen LogP contribution in [-0.4, -0.2) is 14.1 Å². The van der Waals surface area contributed by atoms with E-state index in [1.807, 2.05) is 118 Å². The van der Waals surface area contributed by atoms with Crippen LogP contribution in [0.25, 0.3) is 117 Å². The molecule has 0 saturated carbocycles. The van der Waals surface area contributed by atoms with Gasteiger partial charge in [-0.2, -0.15) is 18.2 Å². The van der Waals surface area contributed by atoms with E-state index in [0.717, 1.165) is 49.6 Å². The topological polar surface area (TPSA) is 35.9 Å². The third kappa shape index (κ3) is 11.6. The van der Waals surface area contributed by atoms with E-state index in [0.29, 0.717) is 33.9 Å². The van der Waals surface area contributed by atoms with Crippen molar-refractivity contribution in [3.63, 3.8) is 0 Å². The molecule has 0 fully saturated rings. The molecule has 0 N–H and O–H groups in total. The smallest absolute Gasteiger partial charge is 0.268 e. The molecule has 0 spiro atoms. The summed E-state index contributed by atoms with van der Waals surface area (Å²) >= 11 is 0. The van der Waals surface area contributed by atoms with E-state index in [9.17, 15) is 12.3 Å². The Morgan fingerprint density at radius 2 is 1.01 bits per heavy atom. The Balaban J connectivity index is 0.0000103. The molecule has 3 heterocycles. The Kier molecular flexibility index (Phi) is 10.9. The average molecular weight is 1360 g/mol. The molecule has 14 rings (SSSR count). The second kappa shape index (κ2) is 23.7. The maximum Gasteiger partial charge on any atom is 0.268 e. The molecule has 0 aliphatic heterocycles. The first-order valence-electron chi connectivity index (χ1n) is 38.4. The number of rotatable bonds is 11. The van der Waals surface area contributed by atoms with Crippen LogP contribution in [0.2, 0.25) is 0 Å². The Labute approximate surface area is 569 Å². The number of para-hydroxylation sites is 1. The fourth-order valence-corrected chi connectivity index (χ4v) is 11.3. The van der Waals surface area contributed by atoms with Gasteiger partial charge in [0.05, 0.1) is 41.4 Å². The van der Waals surface area contributed by atoms with Crippen LogP contribution in [0.4, 0.5) is 0 Å². The summed E-state index contributed by atoms with van der Waals surface area (Å²) in [6.45, 7) is 18.9. The van der Waals surface area contributed by atoms with Crippen LogP contribution in [0.5, 0.6) is 11.5 Å². The predicted molar refractivity (Wildman–Crippen MR) is 369 cm³/mol. The van der Waals surface area contributed by atoms with Gasteiger partial charge < -0.3 is 13.9 Å². The van der Waals surface area contributed by atoms with Gasteiger partial charge in [0, 0.05) is 44.3 Å². The van der Waals surface area contributed by atoms with Crippen LogP contribution >= 0.6 is 0 Å². The Hall–Kier alpha value is -9.67. The summed E-state index contributed by atoms with van der Waals surface area (Å²) in [7, 11) is 0. The van der Waals surface area contributed by atoms with Crippen LogP contribution in [-0.2, 0) is 37.3 Å². The minimum absolute atomic E-state index is 0. The molecule has 444 valence electrons. The van der Waals surface area contributed by atoms with E-state index in [-0.39, 0.29) is 65.6 Å². The van der Waals surface area contributed by atoms with E-state index < -0.39 is 142 Å². The molecule has 0 unspecified atom stereocenters. The van der Waals surface area contributed by atoms with Crippen molar-refractivity contribution >= 4 is 32.8 Å². The van der Waals surface area contributed by atoms with Gasteiger partial charge in [-0.3, -0.25) is 4.57 Å². The second-order valence-corrected chi connectivity index (χ2v) is 25.1. The van der Waals surface area contributed by atoms with Crippen LogP contribution in [0.3, 0.4) is 0 Å². The minimum Gasteiger partial charge on any atom is -0.510 e. The Morgan fingerprint density at radius 3 is 1.67 bits per heavy atom. The molecule has 0 radical (unpaired) electrons. The third-order valence-corrected chi connectivity index (χ3v) is 16.0.